The number of rotatable bonds is 1. The van der Waals surface area contributed by atoms with Crippen LogP contribution in [0.3, 0.4) is 0 Å². The zero-order valence-electron chi connectivity index (χ0n) is 6.83. The Morgan fingerprint density at radius 2 is 1.86 bits per heavy atom. The van der Waals surface area contributed by atoms with Crippen LogP contribution in [0.1, 0.15) is 11.1 Å². The standard InChI is InChI=1S/C8H6BrF4N/c9-5-1-4(3-14)7(6(10)2-5)8(11,12)13/h1-2H,3,14H2. The van der Waals surface area contributed by atoms with Crippen molar-refractivity contribution in [1.29, 1.82) is 0 Å². The van der Waals surface area contributed by atoms with Crippen molar-refractivity contribution in [2.24, 2.45) is 5.73 Å². The molecule has 1 nitrogen and oxygen atoms in total. The third kappa shape index (κ3) is 2.24. The van der Waals surface area contributed by atoms with Crippen LogP contribution in [0.2, 0.25) is 0 Å². The lowest BCUT2D eigenvalue weighted by Crippen LogP contribution is -2.14. The highest BCUT2D eigenvalue weighted by Gasteiger charge is 2.36. The molecule has 78 valence electrons. The highest BCUT2D eigenvalue weighted by Crippen LogP contribution is 2.35. The Labute approximate surface area is 86.0 Å². The van der Waals surface area contributed by atoms with Crippen LogP contribution in [-0.2, 0) is 12.7 Å². The fourth-order valence-electron chi connectivity index (χ4n) is 1.11. The van der Waals surface area contributed by atoms with Gasteiger partial charge < -0.3 is 5.73 Å². The van der Waals surface area contributed by atoms with E-state index in [0.29, 0.717) is 0 Å². The van der Waals surface area contributed by atoms with Crippen molar-refractivity contribution in [2.75, 3.05) is 0 Å². The molecule has 0 heterocycles. The quantitative estimate of drug-likeness (QED) is 0.781. The molecule has 1 rings (SSSR count). The van der Waals surface area contributed by atoms with E-state index in [1.807, 2.05) is 0 Å². The van der Waals surface area contributed by atoms with Gasteiger partial charge in [-0.25, -0.2) is 4.39 Å². The van der Waals surface area contributed by atoms with Crippen LogP contribution in [0.5, 0.6) is 0 Å². The molecule has 14 heavy (non-hydrogen) atoms. The van der Waals surface area contributed by atoms with Crippen LogP contribution in [-0.4, -0.2) is 0 Å². The second-order valence-electron chi connectivity index (χ2n) is 2.62. The van der Waals surface area contributed by atoms with Crippen LogP contribution >= 0.6 is 15.9 Å². The third-order valence-corrected chi connectivity index (χ3v) is 2.10. The Bertz CT molecular complexity index is 348. The van der Waals surface area contributed by atoms with E-state index in [0.717, 1.165) is 12.1 Å². The minimum atomic E-state index is -4.71. The molecule has 1 aromatic carbocycles. The molecule has 0 atom stereocenters. The van der Waals surface area contributed by atoms with Crippen LogP contribution in [0.15, 0.2) is 16.6 Å². The van der Waals surface area contributed by atoms with Gasteiger partial charge in [0, 0.05) is 11.0 Å². The van der Waals surface area contributed by atoms with E-state index in [-0.39, 0.29) is 16.6 Å². The molecule has 6 heteroatoms. The molecule has 0 aliphatic carbocycles. The van der Waals surface area contributed by atoms with Gasteiger partial charge in [0.1, 0.15) is 5.82 Å². The smallest absolute Gasteiger partial charge is 0.326 e. The SMILES string of the molecule is NCc1cc(Br)cc(F)c1C(F)(F)F. The largest absolute Gasteiger partial charge is 0.419 e. The summed E-state index contributed by atoms with van der Waals surface area (Å²) in [7, 11) is 0. The van der Waals surface area contributed by atoms with Gasteiger partial charge in [-0.15, -0.1) is 0 Å². The summed E-state index contributed by atoms with van der Waals surface area (Å²) in [6.07, 6.45) is -4.71. The van der Waals surface area contributed by atoms with E-state index in [1.165, 1.54) is 0 Å². The van der Waals surface area contributed by atoms with Gasteiger partial charge in [-0.05, 0) is 17.7 Å². The monoisotopic (exact) mass is 271 g/mol. The topological polar surface area (TPSA) is 26.0 Å². The maximum atomic E-state index is 13.0. The molecule has 0 aliphatic rings. The van der Waals surface area contributed by atoms with Crippen molar-refractivity contribution in [3.05, 3.63) is 33.5 Å². The van der Waals surface area contributed by atoms with Crippen molar-refractivity contribution in [2.45, 2.75) is 12.7 Å². The number of halogens is 5. The fourth-order valence-corrected chi connectivity index (χ4v) is 1.58. The van der Waals surface area contributed by atoms with Crippen molar-refractivity contribution in [3.8, 4) is 0 Å². The average Bonchev–Trinajstić information content (AvgIpc) is 1.99. The van der Waals surface area contributed by atoms with E-state index in [1.54, 1.807) is 0 Å². The summed E-state index contributed by atoms with van der Waals surface area (Å²) < 4.78 is 50.2. The van der Waals surface area contributed by atoms with Gasteiger partial charge in [0.2, 0.25) is 0 Å². The molecule has 0 spiro atoms. The zero-order chi connectivity index (χ0) is 10.9. The molecule has 2 N–H and O–H groups in total. The highest BCUT2D eigenvalue weighted by molar-refractivity contribution is 9.10. The van der Waals surface area contributed by atoms with Gasteiger partial charge in [-0.2, -0.15) is 13.2 Å². The minimum absolute atomic E-state index is 0.239. The minimum Gasteiger partial charge on any atom is -0.326 e. The lowest BCUT2D eigenvalue weighted by molar-refractivity contribution is -0.140. The molecular formula is C8H6BrF4N. The highest BCUT2D eigenvalue weighted by atomic mass is 79.9. The third-order valence-electron chi connectivity index (χ3n) is 1.64. The summed E-state index contributed by atoms with van der Waals surface area (Å²) in [4.78, 5) is 0. The van der Waals surface area contributed by atoms with Gasteiger partial charge in [0.05, 0.1) is 5.56 Å². The molecular weight excluding hydrogens is 266 g/mol. The Morgan fingerprint density at radius 1 is 1.29 bits per heavy atom. The maximum Gasteiger partial charge on any atom is 0.419 e. The van der Waals surface area contributed by atoms with Gasteiger partial charge >= 0.3 is 6.18 Å². The molecule has 0 aliphatic heterocycles. The first-order valence-corrected chi connectivity index (χ1v) is 4.40. The summed E-state index contributed by atoms with van der Waals surface area (Å²) in [5.74, 6) is -1.31. The average molecular weight is 272 g/mol. The number of hydrogen-bond donors (Lipinski definition) is 1. The maximum absolute atomic E-state index is 13.0. The van der Waals surface area contributed by atoms with Crippen molar-refractivity contribution < 1.29 is 17.6 Å². The molecule has 0 saturated heterocycles. The van der Waals surface area contributed by atoms with E-state index < -0.39 is 17.6 Å². The molecule has 0 bridgehead atoms. The molecule has 1 aromatic rings. The Hall–Kier alpha value is -0.620. The summed E-state index contributed by atoms with van der Waals surface area (Å²) in [5, 5.41) is 0. The summed E-state index contributed by atoms with van der Waals surface area (Å²) in [6.45, 7) is -0.356. The van der Waals surface area contributed by atoms with Crippen LogP contribution in [0, 0.1) is 5.82 Å². The molecule has 0 aromatic heterocycles. The fraction of sp³-hybridized carbons (Fsp3) is 0.250. The first kappa shape index (κ1) is 11.5. The predicted octanol–water partition coefficient (Wildman–Crippen LogP) is 3.07. The Morgan fingerprint density at radius 3 is 2.29 bits per heavy atom. The first-order chi connectivity index (χ1) is 6.36. The second-order valence-corrected chi connectivity index (χ2v) is 3.54. The Kier molecular flexibility index (Phi) is 3.16. The van der Waals surface area contributed by atoms with Gasteiger partial charge in [-0.1, -0.05) is 15.9 Å². The number of hydrogen-bond acceptors (Lipinski definition) is 1. The van der Waals surface area contributed by atoms with E-state index >= 15 is 0 Å². The Balaban J connectivity index is 3.40. The van der Waals surface area contributed by atoms with Gasteiger partial charge in [0.25, 0.3) is 0 Å². The van der Waals surface area contributed by atoms with Crippen molar-refractivity contribution in [1.82, 2.24) is 0 Å². The van der Waals surface area contributed by atoms with E-state index in [9.17, 15) is 17.6 Å². The summed E-state index contributed by atoms with van der Waals surface area (Å²) >= 11 is 2.89. The van der Waals surface area contributed by atoms with Crippen molar-refractivity contribution >= 4 is 15.9 Å². The lowest BCUT2D eigenvalue weighted by Gasteiger charge is -2.12. The van der Waals surface area contributed by atoms with Gasteiger partial charge in [-0.3, -0.25) is 0 Å². The molecule has 0 radical (unpaired) electrons. The van der Waals surface area contributed by atoms with Crippen LogP contribution in [0.4, 0.5) is 17.6 Å². The number of alkyl halides is 3. The molecule has 0 amide bonds. The van der Waals surface area contributed by atoms with E-state index in [2.05, 4.69) is 15.9 Å². The van der Waals surface area contributed by atoms with Crippen molar-refractivity contribution in [3.63, 3.8) is 0 Å². The second kappa shape index (κ2) is 3.86. The van der Waals surface area contributed by atoms with Crippen LogP contribution in [0.25, 0.3) is 0 Å². The summed E-state index contributed by atoms with van der Waals surface area (Å²) in [6, 6.07) is 1.92. The first-order valence-electron chi connectivity index (χ1n) is 3.61. The zero-order valence-corrected chi connectivity index (χ0v) is 8.41. The molecule has 0 fully saturated rings. The van der Waals surface area contributed by atoms with Crippen LogP contribution < -0.4 is 5.73 Å². The lowest BCUT2D eigenvalue weighted by atomic mass is 10.1. The van der Waals surface area contributed by atoms with Gasteiger partial charge in [0.15, 0.2) is 0 Å². The van der Waals surface area contributed by atoms with E-state index in [4.69, 9.17) is 5.73 Å². The molecule has 0 unspecified atom stereocenters. The predicted molar refractivity (Wildman–Crippen MR) is 47.0 cm³/mol. The molecule has 0 saturated carbocycles. The summed E-state index contributed by atoms with van der Waals surface area (Å²) in [5.41, 5.74) is 3.55. The number of nitrogens with two attached hydrogens (primary N) is 1. The normalized spacial score (nSPS) is 11.9. The number of benzene rings is 1.